The van der Waals surface area contributed by atoms with Crippen LogP contribution in [-0.2, 0) is 11.3 Å². The summed E-state index contributed by atoms with van der Waals surface area (Å²) in [6, 6.07) is 14.6. The summed E-state index contributed by atoms with van der Waals surface area (Å²) in [6.45, 7) is 3.25. The molecule has 1 saturated heterocycles. The van der Waals surface area contributed by atoms with E-state index in [2.05, 4.69) is 0 Å². The Kier molecular flexibility index (Phi) is 5.92. The predicted molar refractivity (Wildman–Crippen MR) is 98.5 cm³/mol. The first kappa shape index (κ1) is 19.5. The molecule has 0 bridgehead atoms. The third-order valence-corrected chi connectivity index (χ3v) is 4.72. The molecule has 2 aromatic rings. The minimum atomic E-state index is -1.20. The van der Waals surface area contributed by atoms with Crippen LogP contribution in [0.1, 0.15) is 41.4 Å². The van der Waals surface area contributed by atoms with Crippen LogP contribution in [0.15, 0.2) is 48.5 Å². The lowest BCUT2D eigenvalue weighted by Crippen LogP contribution is -2.36. The van der Waals surface area contributed by atoms with Gasteiger partial charge in [-0.15, -0.1) is 0 Å². The van der Waals surface area contributed by atoms with Crippen LogP contribution >= 0.6 is 0 Å². The van der Waals surface area contributed by atoms with Gasteiger partial charge in [-0.05, 0) is 37.1 Å². The van der Waals surface area contributed by atoms with Crippen LogP contribution in [0.25, 0.3) is 0 Å². The monoisotopic (exact) mass is 372 g/mol. The number of carbonyl (C=O) groups is 1. The number of rotatable bonds is 6. The molecule has 6 heteroatoms. The minimum absolute atomic E-state index is 0.181. The number of aliphatic hydroxyl groups is 3. The van der Waals surface area contributed by atoms with Gasteiger partial charge in [0.25, 0.3) is 0 Å². The van der Waals surface area contributed by atoms with Crippen molar-refractivity contribution in [1.29, 1.82) is 0 Å². The van der Waals surface area contributed by atoms with E-state index < -0.39 is 30.5 Å². The molecule has 1 unspecified atom stereocenters. The third-order valence-electron chi connectivity index (χ3n) is 4.72. The van der Waals surface area contributed by atoms with E-state index in [-0.39, 0.29) is 5.78 Å². The molecule has 0 amide bonds. The van der Waals surface area contributed by atoms with Gasteiger partial charge in [-0.1, -0.05) is 36.4 Å². The van der Waals surface area contributed by atoms with Gasteiger partial charge in [-0.3, -0.25) is 4.79 Å². The van der Waals surface area contributed by atoms with Gasteiger partial charge >= 0.3 is 0 Å². The molecule has 1 aliphatic heterocycles. The molecule has 1 heterocycles. The number of ether oxygens (including phenoxy) is 2. The maximum atomic E-state index is 12.1. The molecule has 0 aromatic heterocycles. The van der Waals surface area contributed by atoms with Crippen molar-refractivity contribution in [2.24, 2.45) is 0 Å². The Labute approximate surface area is 158 Å². The van der Waals surface area contributed by atoms with Gasteiger partial charge in [0.15, 0.2) is 5.78 Å². The van der Waals surface area contributed by atoms with Gasteiger partial charge in [-0.25, -0.2) is 0 Å². The van der Waals surface area contributed by atoms with E-state index in [1.54, 1.807) is 18.2 Å². The second-order valence-electron chi connectivity index (χ2n) is 6.83. The molecule has 0 aliphatic carbocycles. The molecule has 3 rings (SSSR count). The normalized spacial score (nSPS) is 26.0. The van der Waals surface area contributed by atoms with Crippen LogP contribution in [0, 0.1) is 0 Å². The fraction of sp³-hybridized carbons (Fsp3) is 0.381. The molecule has 6 nitrogen and oxygen atoms in total. The first-order valence-electron chi connectivity index (χ1n) is 8.89. The first-order chi connectivity index (χ1) is 12.9. The standard InChI is InChI=1S/C21H24O6/c1-12(22)16-10-15(21-19(25)18(24)20(27-21)13(2)23)8-9-17(16)26-11-14-6-4-3-5-7-14/h3-10,13,18-21,23-25H,11H2,1-2H3/t13?,18-,19-,20+,21-/m1/s1. The number of hydrogen-bond donors (Lipinski definition) is 3. The van der Waals surface area contributed by atoms with Crippen LogP contribution in [-0.4, -0.2) is 45.5 Å². The van der Waals surface area contributed by atoms with Crippen molar-refractivity contribution in [3.63, 3.8) is 0 Å². The maximum absolute atomic E-state index is 12.1. The van der Waals surface area contributed by atoms with Crippen molar-refractivity contribution >= 4 is 5.78 Å². The number of carbonyl (C=O) groups excluding carboxylic acids is 1. The van der Waals surface area contributed by atoms with Crippen molar-refractivity contribution in [3.05, 3.63) is 65.2 Å². The highest BCUT2D eigenvalue weighted by Gasteiger charge is 2.45. The van der Waals surface area contributed by atoms with E-state index in [0.29, 0.717) is 23.5 Å². The Morgan fingerprint density at radius 3 is 2.44 bits per heavy atom. The number of benzene rings is 2. The number of aliphatic hydroxyl groups excluding tert-OH is 3. The van der Waals surface area contributed by atoms with Gasteiger partial charge in [0.05, 0.1) is 11.7 Å². The average molecular weight is 372 g/mol. The molecule has 2 aromatic carbocycles. The lowest BCUT2D eigenvalue weighted by molar-refractivity contribution is -0.0589. The van der Waals surface area contributed by atoms with E-state index in [4.69, 9.17) is 9.47 Å². The summed E-state index contributed by atoms with van der Waals surface area (Å²) in [4.78, 5) is 12.1. The summed E-state index contributed by atoms with van der Waals surface area (Å²) < 4.78 is 11.4. The average Bonchev–Trinajstić information content (AvgIpc) is 2.96. The Morgan fingerprint density at radius 1 is 1.15 bits per heavy atom. The summed E-state index contributed by atoms with van der Waals surface area (Å²) in [5.74, 6) is 0.259. The maximum Gasteiger partial charge on any atom is 0.163 e. The van der Waals surface area contributed by atoms with Crippen molar-refractivity contribution < 1.29 is 29.6 Å². The SMILES string of the molecule is CC(=O)c1cc([C@H]2O[C@@H](C(C)O)[C@H](O)[C@H]2O)ccc1OCc1ccccc1. The van der Waals surface area contributed by atoms with E-state index in [1.165, 1.54) is 13.8 Å². The molecule has 0 saturated carbocycles. The zero-order valence-corrected chi connectivity index (χ0v) is 15.3. The number of ketones is 1. The Hall–Kier alpha value is -2.25. The molecular weight excluding hydrogens is 348 g/mol. The molecule has 0 spiro atoms. The minimum Gasteiger partial charge on any atom is -0.488 e. The van der Waals surface area contributed by atoms with Crippen LogP contribution in [0.4, 0.5) is 0 Å². The van der Waals surface area contributed by atoms with Crippen LogP contribution in [0.2, 0.25) is 0 Å². The van der Waals surface area contributed by atoms with Crippen LogP contribution < -0.4 is 4.74 Å². The quantitative estimate of drug-likeness (QED) is 0.672. The second kappa shape index (κ2) is 8.19. The summed E-state index contributed by atoms with van der Waals surface area (Å²) >= 11 is 0. The highest BCUT2D eigenvalue weighted by atomic mass is 16.6. The zero-order valence-electron chi connectivity index (χ0n) is 15.3. The van der Waals surface area contributed by atoms with Gasteiger partial charge in [0.1, 0.15) is 36.8 Å². The summed E-state index contributed by atoms with van der Waals surface area (Å²) in [7, 11) is 0. The van der Waals surface area contributed by atoms with Crippen molar-refractivity contribution in [1.82, 2.24) is 0 Å². The molecule has 3 N–H and O–H groups in total. The predicted octanol–water partition coefficient (Wildman–Crippen LogP) is 2.01. The Bertz CT molecular complexity index is 789. The highest BCUT2D eigenvalue weighted by Crippen LogP contribution is 2.36. The van der Waals surface area contributed by atoms with Crippen molar-refractivity contribution in [2.45, 2.75) is 51.0 Å². The Morgan fingerprint density at radius 2 is 1.85 bits per heavy atom. The van der Waals surface area contributed by atoms with E-state index in [9.17, 15) is 20.1 Å². The van der Waals surface area contributed by atoms with Crippen LogP contribution in [0.3, 0.4) is 0 Å². The van der Waals surface area contributed by atoms with Gasteiger partial charge < -0.3 is 24.8 Å². The second-order valence-corrected chi connectivity index (χ2v) is 6.83. The fourth-order valence-electron chi connectivity index (χ4n) is 3.24. The molecule has 1 aliphatic rings. The summed E-state index contributed by atoms with van der Waals surface area (Å²) in [6.07, 6.45) is -5.05. The number of hydrogen-bond acceptors (Lipinski definition) is 6. The lowest BCUT2D eigenvalue weighted by Gasteiger charge is -2.18. The van der Waals surface area contributed by atoms with Crippen LogP contribution in [0.5, 0.6) is 5.75 Å². The molecule has 0 radical (unpaired) electrons. The lowest BCUT2D eigenvalue weighted by atomic mass is 9.97. The topological polar surface area (TPSA) is 96.2 Å². The fourth-order valence-corrected chi connectivity index (χ4v) is 3.24. The van der Waals surface area contributed by atoms with Gasteiger partial charge in [0, 0.05) is 0 Å². The summed E-state index contributed by atoms with van der Waals surface area (Å²) in [5.41, 5.74) is 1.89. The molecular formula is C21H24O6. The van der Waals surface area contributed by atoms with E-state index in [1.807, 2.05) is 30.3 Å². The molecule has 1 fully saturated rings. The largest absolute Gasteiger partial charge is 0.488 e. The van der Waals surface area contributed by atoms with E-state index in [0.717, 1.165) is 5.56 Å². The zero-order chi connectivity index (χ0) is 19.6. The van der Waals surface area contributed by atoms with Gasteiger partial charge in [-0.2, -0.15) is 0 Å². The molecule has 144 valence electrons. The van der Waals surface area contributed by atoms with Crippen molar-refractivity contribution in [3.8, 4) is 5.75 Å². The smallest absolute Gasteiger partial charge is 0.163 e. The van der Waals surface area contributed by atoms with E-state index >= 15 is 0 Å². The molecule has 27 heavy (non-hydrogen) atoms. The van der Waals surface area contributed by atoms with Crippen molar-refractivity contribution in [2.75, 3.05) is 0 Å². The Balaban J connectivity index is 1.82. The third kappa shape index (κ3) is 4.20. The summed E-state index contributed by atoms with van der Waals surface area (Å²) in [5, 5.41) is 30.1. The number of Topliss-reactive ketones (excluding diaryl/α,β-unsaturated/α-hetero) is 1. The first-order valence-corrected chi connectivity index (χ1v) is 8.89. The highest BCUT2D eigenvalue weighted by molar-refractivity contribution is 5.97. The van der Waals surface area contributed by atoms with Gasteiger partial charge in [0.2, 0.25) is 0 Å². The molecule has 5 atom stereocenters.